The maximum absolute atomic E-state index is 3.41. The van der Waals surface area contributed by atoms with Crippen molar-refractivity contribution in [3.63, 3.8) is 0 Å². The smallest absolute Gasteiger partial charge is 0.00105 e. The van der Waals surface area contributed by atoms with Gasteiger partial charge in [-0.05, 0) is 29.7 Å². The van der Waals surface area contributed by atoms with Gasteiger partial charge >= 0.3 is 0 Å². The number of rotatable bonds is 6. The van der Waals surface area contributed by atoms with Gasteiger partial charge in [-0.25, -0.2) is 0 Å². The standard InChI is InChI=1S/C19H23N/c1-16(2)20-15-7-6-8-17-11-13-19(14-12-17)18-9-4-3-5-10-18/h3-6,8-14,16,20H,7,15H2,1-2H3. The monoisotopic (exact) mass is 265 g/mol. The Morgan fingerprint density at radius 1 is 0.900 bits per heavy atom. The van der Waals surface area contributed by atoms with Crippen LogP contribution in [0.15, 0.2) is 60.7 Å². The van der Waals surface area contributed by atoms with Gasteiger partial charge in [0.25, 0.3) is 0 Å². The molecule has 0 radical (unpaired) electrons. The quantitative estimate of drug-likeness (QED) is 0.743. The summed E-state index contributed by atoms with van der Waals surface area (Å²) in [6.07, 6.45) is 5.49. The highest BCUT2D eigenvalue weighted by molar-refractivity contribution is 5.65. The molecule has 2 aromatic carbocycles. The van der Waals surface area contributed by atoms with E-state index in [1.54, 1.807) is 0 Å². The van der Waals surface area contributed by atoms with E-state index in [0.29, 0.717) is 6.04 Å². The van der Waals surface area contributed by atoms with E-state index in [0.717, 1.165) is 13.0 Å². The fourth-order valence-corrected chi connectivity index (χ4v) is 2.09. The summed E-state index contributed by atoms with van der Waals surface area (Å²) in [6.45, 7) is 5.38. The van der Waals surface area contributed by atoms with Crippen molar-refractivity contribution in [1.82, 2.24) is 5.32 Å². The molecule has 0 fully saturated rings. The van der Waals surface area contributed by atoms with Crippen LogP contribution >= 0.6 is 0 Å². The van der Waals surface area contributed by atoms with Crippen LogP contribution in [-0.2, 0) is 0 Å². The van der Waals surface area contributed by atoms with Gasteiger partial charge in [0.15, 0.2) is 0 Å². The van der Waals surface area contributed by atoms with E-state index in [1.165, 1.54) is 16.7 Å². The molecule has 0 aliphatic carbocycles. The minimum absolute atomic E-state index is 0.563. The Kier molecular flexibility index (Phi) is 5.57. The average molecular weight is 265 g/mol. The van der Waals surface area contributed by atoms with Crippen molar-refractivity contribution in [1.29, 1.82) is 0 Å². The molecule has 0 aliphatic heterocycles. The molecule has 1 N–H and O–H groups in total. The van der Waals surface area contributed by atoms with E-state index in [2.05, 4.69) is 79.8 Å². The largest absolute Gasteiger partial charge is 0.314 e. The highest BCUT2D eigenvalue weighted by atomic mass is 14.9. The van der Waals surface area contributed by atoms with Gasteiger partial charge in [0.2, 0.25) is 0 Å². The molecule has 0 aromatic heterocycles. The zero-order valence-electron chi connectivity index (χ0n) is 12.3. The Hall–Kier alpha value is -1.86. The molecule has 2 rings (SSSR count). The molecule has 0 aliphatic rings. The molecule has 1 nitrogen and oxygen atoms in total. The lowest BCUT2D eigenvalue weighted by Crippen LogP contribution is -2.23. The van der Waals surface area contributed by atoms with Gasteiger partial charge in [-0.15, -0.1) is 0 Å². The second kappa shape index (κ2) is 7.66. The summed E-state index contributed by atoms with van der Waals surface area (Å²) in [4.78, 5) is 0. The Bertz CT molecular complexity index is 523. The normalized spacial score (nSPS) is 11.3. The van der Waals surface area contributed by atoms with Crippen molar-refractivity contribution in [3.05, 3.63) is 66.2 Å². The van der Waals surface area contributed by atoms with Crippen LogP contribution in [0.2, 0.25) is 0 Å². The molecule has 0 unspecified atom stereocenters. The van der Waals surface area contributed by atoms with E-state index in [1.807, 2.05) is 6.07 Å². The van der Waals surface area contributed by atoms with Crippen LogP contribution in [0.5, 0.6) is 0 Å². The van der Waals surface area contributed by atoms with Crippen LogP contribution in [-0.4, -0.2) is 12.6 Å². The molecule has 104 valence electrons. The molecule has 2 aromatic rings. The minimum Gasteiger partial charge on any atom is -0.314 e. The molecule has 0 heterocycles. The van der Waals surface area contributed by atoms with Gasteiger partial charge in [0.1, 0.15) is 0 Å². The summed E-state index contributed by atoms with van der Waals surface area (Å²) < 4.78 is 0. The summed E-state index contributed by atoms with van der Waals surface area (Å²) in [5.41, 5.74) is 3.79. The molecule has 0 spiro atoms. The summed E-state index contributed by atoms with van der Waals surface area (Å²) >= 11 is 0. The van der Waals surface area contributed by atoms with Gasteiger partial charge in [-0.2, -0.15) is 0 Å². The highest BCUT2D eigenvalue weighted by Crippen LogP contribution is 2.19. The van der Waals surface area contributed by atoms with Crippen LogP contribution in [0.25, 0.3) is 17.2 Å². The lowest BCUT2D eigenvalue weighted by molar-refractivity contribution is 0.595. The van der Waals surface area contributed by atoms with E-state index < -0.39 is 0 Å². The lowest BCUT2D eigenvalue weighted by Gasteiger charge is -2.05. The minimum atomic E-state index is 0.563. The van der Waals surface area contributed by atoms with Crippen molar-refractivity contribution in [2.24, 2.45) is 0 Å². The van der Waals surface area contributed by atoms with E-state index >= 15 is 0 Å². The predicted octanol–water partition coefficient (Wildman–Crippen LogP) is 4.75. The van der Waals surface area contributed by atoms with Crippen molar-refractivity contribution < 1.29 is 0 Å². The topological polar surface area (TPSA) is 12.0 Å². The molecule has 0 saturated heterocycles. The summed E-state index contributed by atoms with van der Waals surface area (Å²) in [5, 5.41) is 3.41. The maximum Gasteiger partial charge on any atom is 0.00105 e. The maximum atomic E-state index is 3.41. The molecule has 20 heavy (non-hydrogen) atoms. The van der Waals surface area contributed by atoms with Crippen LogP contribution < -0.4 is 5.32 Å². The second-order valence-corrected chi connectivity index (χ2v) is 5.29. The molecule has 0 amide bonds. The molecule has 1 heteroatoms. The third kappa shape index (κ3) is 4.67. The molecular formula is C19H23N. The summed E-state index contributed by atoms with van der Waals surface area (Å²) in [7, 11) is 0. The predicted molar refractivity (Wildman–Crippen MR) is 88.7 cm³/mol. The average Bonchev–Trinajstić information content (AvgIpc) is 2.48. The first-order valence-corrected chi connectivity index (χ1v) is 7.31. The van der Waals surface area contributed by atoms with Crippen LogP contribution in [0.1, 0.15) is 25.8 Å². The first-order valence-electron chi connectivity index (χ1n) is 7.31. The molecule has 0 saturated carbocycles. The van der Waals surface area contributed by atoms with Crippen molar-refractivity contribution in [3.8, 4) is 11.1 Å². The van der Waals surface area contributed by atoms with Crippen LogP contribution in [0, 0.1) is 0 Å². The van der Waals surface area contributed by atoms with E-state index in [4.69, 9.17) is 0 Å². The van der Waals surface area contributed by atoms with Crippen LogP contribution in [0.4, 0.5) is 0 Å². The SMILES string of the molecule is CC(C)NCCC=Cc1ccc(-c2ccccc2)cc1. The fourth-order valence-electron chi connectivity index (χ4n) is 2.09. The third-order valence-electron chi connectivity index (χ3n) is 3.19. The first kappa shape index (κ1) is 14.5. The fraction of sp³-hybridized carbons (Fsp3) is 0.263. The Labute approximate surface area is 122 Å². The lowest BCUT2D eigenvalue weighted by atomic mass is 10.0. The van der Waals surface area contributed by atoms with E-state index in [-0.39, 0.29) is 0 Å². The van der Waals surface area contributed by atoms with Gasteiger partial charge in [-0.3, -0.25) is 0 Å². The van der Waals surface area contributed by atoms with Gasteiger partial charge in [-0.1, -0.05) is 80.6 Å². The molecule has 0 bridgehead atoms. The third-order valence-corrected chi connectivity index (χ3v) is 3.19. The number of hydrogen-bond donors (Lipinski definition) is 1. The van der Waals surface area contributed by atoms with Crippen molar-refractivity contribution >= 4 is 6.08 Å². The van der Waals surface area contributed by atoms with Gasteiger partial charge in [0, 0.05) is 6.04 Å². The second-order valence-electron chi connectivity index (χ2n) is 5.29. The Morgan fingerprint density at radius 3 is 2.20 bits per heavy atom. The van der Waals surface area contributed by atoms with Crippen molar-refractivity contribution in [2.45, 2.75) is 26.3 Å². The van der Waals surface area contributed by atoms with E-state index in [9.17, 15) is 0 Å². The number of hydrogen-bond acceptors (Lipinski definition) is 1. The zero-order valence-corrected chi connectivity index (χ0v) is 12.3. The Morgan fingerprint density at radius 2 is 1.55 bits per heavy atom. The zero-order chi connectivity index (χ0) is 14.2. The Balaban J connectivity index is 1.90. The number of benzene rings is 2. The van der Waals surface area contributed by atoms with Crippen molar-refractivity contribution in [2.75, 3.05) is 6.54 Å². The highest BCUT2D eigenvalue weighted by Gasteiger charge is 1.95. The first-order chi connectivity index (χ1) is 9.75. The molecular weight excluding hydrogens is 242 g/mol. The molecule has 0 atom stereocenters. The summed E-state index contributed by atoms with van der Waals surface area (Å²) in [6, 6.07) is 19.8. The van der Waals surface area contributed by atoms with Crippen LogP contribution in [0.3, 0.4) is 0 Å². The number of nitrogens with one attached hydrogen (secondary N) is 1. The summed E-state index contributed by atoms with van der Waals surface area (Å²) in [5.74, 6) is 0. The van der Waals surface area contributed by atoms with Gasteiger partial charge in [0.05, 0.1) is 0 Å². The van der Waals surface area contributed by atoms with Gasteiger partial charge < -0.3 is 5.32 Å².